The third-order valence-corrected chi connectivity index (χ3v) is 1.33. The van der Waals surface area contributed by atoms with Gasteiger partial charge in [0.25, 0.3) is 0 Å². The first kappa shape index (κ1) is 7.78. The van der Waals surface area contributed by atoms with Gasteiger partial charge in [0.2, 0.25) is 5.88 Å². The molecular weight excluding hydrogens is 142 g/mol. The summed E-state index contributed by atoms with van der Waals surface area (Å²) in [6.45, 7) is 0. The van der Waals surface area contributed by atoms with Crippen LogP contribution in [0, 0.1) is 0 Å². The highest BCUT2D eigenvalue weighted by atomic mass is 16.5. The van der Waals surface area contributed by atoms with E-state index in [9.17, 15) is 0 Å². The molecular formula is C7H11N3O. The number of hydrogen-bond donors (Lipinski definition) is 0. The van der Waals surface area contributed by atoms with Gasteiger partial charge in [-0.2, -0.15) is 0 Å². The smallest absolute Gasteiger partial charge is 0.240 e. The van der Waals surface area contributed by atoms with Crippen molar-refractivity contribution in [3.63, 3.8) is 0 Å². The number of rotatable bonds is 2. The van der Waals surface area contributed by atoms with Crippen molar-refractivity contribution in [2.24, 2.45) is 0 Å². The molecule has 11 heavy (non-hydrogen) atoms. The van der Waals surface area contributed by atoms with Gasteiger partial charge in [0, 0.05) is 14.1 Å². The fourth-order valence-corrected chi connectivity index (χ4v) is 0.775. The van der Waals surface area contributed by atoms with E-state index in [0.29, 0.717) is 5.88 Å². The third kappa shape index (κ3) is 1.58. The van der Waals surface area contributed by atoms with Gasteiger partial charge in [0.15, 0.2) is 0 Å². The monoisotopic (exact) mass is 153 g/mol. The van der Waals surface area contributed by atoms with Gasteiger partial charge in [-0.1, -0.05) is 0 Å². The lowest BCUT2D eigenvalue weighted by Gasteiger charge is -2.13. The van der Waals surface area contributed by atoms with E-state index < -0.39 is 0 Å². The minimum absolute atomic E-state index is 0.602. The molecule has 0 bridgehead atoms. The highest BCUT2D eigenvalue weighted by molar-refractivity contribution is 5.51. The zero-order valence-corrected chi connectivity index (χ0v) is 6.90. The van der Waals surface area contributed by atoms with Crippen LogP contribution in [0.15, 0.2) is 12.5 Å². The van der Waals surface area contributed by atoms with E-state index in [1.165, 1.54) is 6.33 Å². The van der Waals surface area contributed by atoms with Crippen LogP contribution >= 0.6 is 0 Å². The average Bonchev–Trinajstić information content (AvgIpc) is 2.04. The first-order valence-corrected chi connectivity index (χ1v) is 3.27. The second-order valence-corrected chi connectivity index (χ2v) is 2.31. The standard InChI is InChI=1S/C7H11N3O/c1-10(2)6-4-8-5-9-7(6)11-3/h4-5H,1-3H3. The van der Waals surface area contributed by atoms with E-state index in [1.807, 2.05) is 19.0 Å². The van der Waals surface area contributed by atoms with Crippen LogP contribution in [0.25, 0.3) is 0 Å². The zero-order chi connectivity index (χ0) is 8.27. The second kappa shape index (κ2) is 3.18. The van der Waals surface area contributed by atoms with E-state index in [2.05, 4.69) is 9.97 Å². The maximum absolute atomic E-state index is 5.01. The molecule has 1 heterocycles. The minimum Gasteiger partial charge on any atom is -0.479 e. The van der Waals surface area contributed by atoms with Crippen LogP contribution in [-0.2, 0) is 0 Å². The van der Waals surface area contributed by atoms with Gasteiger partial charge < -0.3 is 9.64 Å². The highest BCUT2D eigenvalue weighted by Crippen LogP contribution is 2.20. The van der Waals surface area contributed by atoms with Gasteiger partial charge in [-0.3, -0.25) is 0 Å². The van der Waals surface area contributed by atoms with Crippen molar-refractivity contribution in [1.29, 1.82) is 0 Å². The Kier molecular flexibility index (Phi) is 2.25. The summed E-state index contributed by atoms with van der Waals surface area (Å²) in [5.74, 6) is 0.602. The predicted octanol–water partition coefficient (Wildman–Crippen LogP) is 0.551. The summed E-state index contributed by atoms with van der Waals surface area (Å²) >= 11 is 0. The van der Waals surface area contributed by atoms with Gasteiger partial charge in [-0.15, -0.1) is 0 Å². The molecule has 1 aromatic rings. The van der Waals surface area contributed by atoms with E-state index in [1.54, 1.807) is 13.3 Å². The van der Waals surface area contributed by atoms with Crippen molar-refractivity contribution in [2.45, 2.75) is 0 Å². The number of ether oxygens (including phenoxy) is 1. The molecule has 0 atom stereocenters. The fourth-order valence-electron chi connectivity index (χ4n) is 0.775. The fraction of sp³-hybridized carbons (Fsp3) is 0.429. The lowest BCUT2D eigenvalue weighted by Crippen LogP contribution is -2.11. The Morgan fingerprint density at radius 2 is 2.18 bits per heavy atom. The van der Waals surface area contributed by atoms with Gasteiger partial charge in [0.1, 0.15) is 12.0 Å². The number of nitrogens with zero attached hydrogens (tertiary/aromatic N) is 3. The Morgan fingerprint density at radius 1 is 1.45 bits per heavy atom. The molecule has 0 fully saturated rings. The summed E-state index contributed by atoms with van der Waals surface area (Å²) < 4.78 is 5.01. The van der Waals surface area contributed by atoms with Crippen molar-refractivity contribution in [3.8, 4) is 5.88 Å². The largest absolute Gasteiger partial charge is 0.479 e. The molecule has 0 aromatic carbocycles. The number of anilines is 1. The van der Waals surface area contributed by atoms with Crippen LogP contribution in [0.5, 0.6) is 5.88 Å². The molecule has 1 aromatic heterocycles. The Bertz CT molecular complexity index is 237. The number of methoxy groups -OCH3 is 1. The van der Waals surface area contributed by atoms with Gasteiger partial charge in [-0.05, 0) is 0 Å². The molecule has 60 valence electrons. The van der Waals surface area contributed by atoms with Gasteiger partial charge in [-0.25, -0.2) is 9.97 Å². The summed E-state index contributed by atoms with van der Waals surface area (Å²) in [4.78, 5) is 9.73. The first-order valence-electron chi connectivity index (χ1n) is 3.27. The van der Waals surface area contributed by atoms with Gasteiger partial charge in [0.05, 0.1) is 13.3 Å². The summed E-state index contributed by atoms with van der Waals surface area (Å²) in [5, 5.41) is 0. The Balaban J connectivity index is 3.02. The maximum atomic E-state index is 5.01. The lowest BCUT2D eigenvalue weighted by molar-refractivity contribution is 0.397. The lowest BCUT2D eigenvalue weighted by atomic mass is 10.5. The third-order valence-electron chi connectivity index (χ3n) is 1.33. The molecule has 0 unspecified atom stereocenters. The van der Waals surface area contributed by atoms with Gasteiger partial charge >= 0.3 is 0 Å². The van der Waals surface area contributed by atoms with Crippen molar-refractivity contribution < 1.29 is 4.74 Å². The molecule has 0 saturated carbocycles. The van der Waals surface area contributed by atoms with Crippen LogP contribution in [0.1, 0.15) is 0 Å². The Morgan fingerprint density at radius 3 is 2.64 bits per heavy atom. The van der Waals surface area contributed by atoms with E-state index in [0.717, 1.165) is 5.69 Å². The quantitative estimate of drug-likeness (QED) is 0.622. The zero-order valence-electron chi connectivity index (χ0n) is 6.90. The molecule has 0 radical (unpaired) electrons. The molecule has 0 saturated heterocycles. The molecule has 0 aliphatic carbocycles. The van der Waals surface area contributed by atoms with Crippen LogP contribution < -0.4 is 9.64 Å². The van der Waals surface area contributed by atoms with Crippen molar-refractivity contribution in [2.75, 3.05) is 26.1 Å². The normalized spacial score (nSPS) is 9.36. The predicted molar refractivity (Wildman–Crippen MR) is 42.9 cm³/mol. The molecule has 0 aliphatic rings. The molecule has 1 rings (SSSR count). The van der Waals surface area contributed by atoms with Crippen molar-refractivity contribution >= 4 is 5.69 Å². The summed E-state index contributed by atoms with van der Waals surface area (Å²) in [6, 6.07) is 0. The topological polar surface area (TPSA) is 38.3 Å². The second-order valence-electron chi connectivity index (χ2n) is 2.31. The SMILES string of the molecule is COc1ncncc1N(C)C. The van der Waals surface area contributed by atoms with E-state index >= 15 is 0 Å². The van der Waals surface area contributed by atoms with E-state index in [-0.39, 0.29) is 0 Å². The molecule has 0 N–H and O–H groups in total. The summed E-state index contributed by atoms with van der Waals surface area (Å²) in [6.07, 6.45) is 3.18. The van der Waals surface area contributed by atoms with Crippen LogP contribution in [-0.4, -0.2) is 31.2 Å². The molecule has 4 nitrogen and oxygen atoms in total. The molecule has 0 spiro atoms. The molecule has 0 amide bonds. The number of hydrogen-bond acceptors (Lipinski definition) is 4. The summed E-state index contributed by atoms with van der Waals surface area (Å²) in [7, 11) is 5.43. The summed E-state index contributed by atoms with van der Waals surface area (Å²) in [5.41, 5.74) is 0.884. The van der Waals surface area contributed by atoms with Crippen LogP contribution in [0.2, 0.25) is 0 Å². The first-order chi connectivity index (χ1) is 5.25. The van der Waals surface area contributed by atoms with Crippen LogP contribution in [0.4, 0.5) is 5.69 Å². The van der Waals surface area contributed by atoms with Crippen molar-refractivity contribution in [1.82, 2.24) is 9.97 Å². The minimum atomic E-state index is 0.602. The Hall–Kier alpha value is -1.32. The van der Waals surface area contributed by atoms with Crippen molar-refractivity contribution in [3.05, 3.63) is 12.5 Å². The number of aromatic nitrogens is 2. The Labute approximate surface area is 65.8 Å². The maximum Gasteiger partial charge on any atom is 0.240 e. The molecule has 4 heteroatoms. The molecule has 0 aliphatic heterocycles. The van der Waals surface area contributed by atoms with Crippen LogP contribution in [0.3, 0.4) is 0 Å². The van der Waals surface area contributed by atoms with E-state index in [4.69, 9.17) is 4.74 Å². The average molecular weight is 153 g/mol. The highest BCUT2D eigenvalue weighted by Gasteiger charge is 2.03.